The molecule has 0 aliphatic carbocycles. The summed E-state index contributed by atoms with van der Waals surface area (Å²) in [6.07, 6.45) is -0.321. The molecule has 41 heavy (non-hydrogen) atoms. The quantitative estimate of drug-likeness (QED) is 0.357. The number of phenols is 1. The van der Waals surface area contributed by atoms with Gasteiger partial charge < -0.3 is 34.2 Å². The highest BCUT2D eigenvalue weighted by Crippen LogP contribution is 2.42. The van der Waals surface area contributed by atoms with Crippen LogP contribution in [-0.4, -0.2) is 78.8 Å². The highest BCUT2D eigenvalue weighted by Gasteiger charge is 2.35. The average molecular weight is 572 g/mol. The van der Waals surface area contributed by atoms with Crippen LogP contribution in [0.4, 0.5) is 10.1 Å². The van der Waals surface area contributed by atoms with Crippen molar-refractivity contribution in [2.75, 3.05) is 38.8 Å². The molecule has 10 nitrogen and oxygen atoms in total. The summed E-state index contributed by atoms with van der Waals surface area (Å²) >= 11 is 0. The van der Waals surface area contributed by atoms with Gasteiger partial charge in [0.1, 0.15) is 11.6 Å². The number of fused-ring (bicyclic) bond motifs is 1. The molecule has 11 heteroatoms. The van der Waals surface area contributed by atoms with Crippen LogP contribution in [0.3, 0.4) is 0 Å². The number of rotatable bonds is 10. The van der Waals surface area contributed by atoms with Gasteiger partial charge in [0.25, 0.3) is 0 Å². The predicted molar refractivity (Wildman–Crippen MR) is 151 cm³/mol. The van der Waals surface area contributed by atoms with Crippen LogP contribution in [0.2, 0.25) is 0 Å². The number of benzene rings is 2. The van der Waals surface area contributed by atoms with Crippen molar-refractivity contribution in [1.29, 1.82) is 5.41 Å². The number of hydrogen-bond donors (Lipinski definition) is 3. The molecule has 0 aromatic heterocycles. The molecule has 2 unspecified atom stereocenters. The van der Waals surface area contributed by atoms with Gasteiger partial charge >= 0.3 is 5.97 Å². The number of aromatic hydroxyl groups is 1. The third kappa shape index (κ3) is 5.81. The molecule has 3 N–H and O–H groups in total. The van der Waals surface area contributed by atoms with E-state index in [-0.39, 0.29) is 53.6 Å². The first-order chi connectivity index (χ1) is 19.3. The SMILES string of the molecule is CCC(OC1CCN(c2cc(C(=O)CN3Cc4cc(OC)c(OC)c(F)c4C3=N)cc(C(C)(C)C)c2O)C1)C(=O)O. The molecule has 1 saturated heterocycles. The Morgan fingerprint density at radius 3 is 2.49 bits per heavy atom. The third-order valence-electron chi connectivity index (χ3n) is 7.65. The lowest BCUT2D eigenvalue weighted by atomic mass is 9.84. The van der Waals surface area contributed by atoms with Gasteiger partial charge in [-0.3, -0.25) is 10.2 Å². The lowest BCUT2D eigenvalue weighted by Gasteiger charge is -2.28. The van der Waals surface area contributed by atoms with Gasteiger partial charge in [-0.25, -0.2) is 9.18 Å². The summed E-state index contributed by atoms with van der Waals surface area (Å²) in [6, 6.07) is 4.91. The lowest BCUT2D eigenvalue weighted by molar-refractivity contribution is -0.153. The zero-order valence-electron chi connectivity index (χ0n) is 24.3. The van der Waals surface area contributed by atoms with Crippen molar-refractivity contribution in [2.24, 2.45) is 0 Å². The molecule has 222 valence electrons. The van der Waals surface area contributed by atoms with E-state index in [1.165, 1.54) is 19.1 Å². The molecule has 0 amide bonds. The highest BCUT2D eigenvalue weighted by atomic mass is 19.1. The summed E-state index contributed by atoms with van der Waals surface area (Å²) in [5.41, 5.74) is 1.51. The van der Waals surface area contributed by atoms with Gasteiger partial charge in [0, 0.05) is 30.8 Å². The maximum atomic E-state index is 15.2. The van der Waals surface area contributed by atoms with Gasteiger partial charge in [0.15, 0.2) is 29.2 Å². The summed E-state index contributed by atoms with van der Waals surface area (Å²) in [6.45, 7) is 8.43. The number of carbonyl (C=O) groups is 2. The molecule has 0 spiro atoms. The van der Waals surface area contributed by atoms with Crippen LogP contribution in [0.1, 0.15) is 67.6 Å². The fourth-order valence-electron chi connectivity index (χ4n) is 5.44. The van der Waals surface area contributed by atoms with Crippen molar-refractivity contribution in [3.63, 3.8) is 0 Å². The highest BCUT2D eigenvalue weighted by molar-refractivity contribution is 6.06. The van der Waals surface area contributed by atoms with E-state index in [0.29, 0.717) is 48.3 Å². The van der Waals surface area contributed by atoms with E-state index in [1.807, 2.05) is 25.7 Å². The molecule has 2 aromatic rings. The average Bonchev–Trinajstić information content (AvgIpc) is 3.50. The normalized spacial score (nSPS) is 17.5. The first-order valence-electron chi connectivity index (χ1n) is 13.6. The second-order valence-electron chi connectivity index (χ2n) is 11.5. The monoisotopic (exact) mass is 571 g/mol. The summed E-state index contributed by atoms with van der Waals surface area (Å²) in [5, 5.41) is 29.2. The molecule has 2 heterocycles. The Morgan fingerprint density at radius 2 is 1.90 bits per heavy atom. The number of hydrogen-bond acceptors (Lipinski definition) is 8. The Morgan fingerprint density at radius 1 is 1.20 bits per heavy atom. The van der Waals surface area contributed by atoms with Crippen LogP contribution in [0.5, 0.6) is 17.2 Å². The molecular formula is C30H38FN3O7. The molecule has 1 fully saturated rings. The number of carbonyl (C=O) groups excluding carboxylic acids is 1. The number of phenolic OH excluding ortho intramolecular Hbond substituents is 1. The van der Waals surface area contributed by atoms with Crippen molar-refractivity contribution in [3.05, 3.63) is 46.3 Å². The van der Waals surface area contributed by atoms with E-state index in [4.69, 9.17) is 19.6 Å². The number of halogens is 1. The van der Waals surface area contributed by atoms with Crippen LogP contribution in [0.25, 0.3) is 0 Å². The van der Waals surface area contributed by atoms with Crippen LogP contribution < -0.4 is 14.4 Å². The summed E-state index contributed by atoms with van der Waals surface area (Å²) < 4.78 is 31.4. The number of carboxylic acids is 1. The summed E-state index contributed by atoms with van der Waals surface area (Å²) in [4.78, 5) is 28.5. The molecule has 2 aromatic carbocycles. The zero-order valence-corrected chi connectivity index (χ0v) is 24.3. The van der Waals surface area contributed by atoms with Crippen molar-refractivity contribution in [3.8, 4) is 17.2 Å². The first kappa shape index (κ1) is 30.1. The van der Waals surface area contributed by atoms with Crippen molar-refractivity contribution in [2.45, 2.75) is 64.7 Å². The number of nitrogens with zero attached hydrogens (tertiary/aromatic N) is 2. The Bertz CT molecular complexity index is 1370. The van der Waals surface area contributed by atoms with Gasteiger partial charge in [-0.2, -0.15) is 0 Å². The number of anilines is 1. The minimum absolute atomic E-state index is 0.0579. The molecule has 2 atom stereocenters. The smallest absolute Gasteiger partial charge is 0.332 e. The van der Waals surface area contributed by atoms with Crippen LogP contribution in [0, 0.1) is 11.2 Å². The Balaban J connectivity index is 1.61. The summed E-state index contributed by atoms with van der Waals surface area (Å²) in [5.74, 6) is -1.95. The van der Waals surface area contributed by atoms with Crippen molar-refractivity contribution < 1.29 is 38.4 Å². The molecule has 0 bridgehead atoms. The fraction of sp³-hybridized carbons (Fsp3) is 0.500. The number of aliphatic carboxylic acids is 1. The van der Waals surface area contributed by atoms with Gasteiger partial charge in [-0.15, -0.1) is 0 Å². The van der Waals surface area contributed by atoms with Gasteiger partial charge in [0.2, 0.25) is 0 Å². The third-order valence-corrected chi connectivity index (χ3v) is 7.65. The number of nitrogens with one attached hydrogen (secondary N) is 1. The van der Waals surface area contributed by atoms with E-state index in [1.54, 1.807) is 25.1 Å². The van der Waals surface area contributed by atoms with Crippen LogP contribution in [0.15, 0.2) is 18.2 Å². The first-order valence-corrected chi connectivity index (χ1v) is 13.6. The fourth-order valence-corrected chi connectivity index (χ4v) is 5.44. The van der Waals surface area contributed by atoms with Gasteiger partial charge in [-0.1, -0.05) is 27.7 Å². The molecule has 0 radical (unpaired) electrons. The standard InChI is InChI=1S/C30H38FN3O7/c1-7-22(29(37)38)41-18-8-9-33(14-18)20-11-16(10-19(26(20)36)30(2,3)4)21(35)15-34-13-17-12-23(39-5)27(40-6)25(31)24(17)28(34)32/h10-12,18,22,32,36H,7-9,13-15H2,1-6H3,(H,37,38). The molecule has 2 aliphatic rings. The second-order valence-corrected chi connectivity index (χ2v) is 11.5. The number of amidine groups is 1. The van der Waals surface area contributed by atoms with Gasteiger partial charge in [-0.05, 0) is 42.0 Å². The largest absolute Gasteiger partial charge is 0.505 e. The Kier molecular flexibility index (Phi) is 8.49. The predicted octanol–water partition coefficient (Wildman–Crippen LogP) is 4.33. The minimum Gasteiger partial charge on any atom is -0.505 e. The summed E-state index contributed by atoms with van der Waals surface area (Å²) in [7, 11) is 2.73. The Labute approximate surface area is 239 Å². The number of methoxy groups -OCH3 is 2. The van der Waals surface area contributed by atoms with E-state index < -0.39 is 23.3 Å². The maximum Gasteiger partial charge on any atom is 0.332 e. The van der Waals surface area contributed by atoms with E-state index >= 15 is 4.39 Å². The second kappa shape index (κ2) is 11.6. The van der Waals surface area contributed by atoms with E-state index in [9.17, 15) is 19.8 Å². The van der Waals surface area contributed by atoms with Crippen LogP contribution >= 0.6 is 0 Å². The van der Waals surface area contributed by atoms with E-state index in [0.717, 1.165) is 0 Å². The topological polar surface area (TPSA) is 133 Å². The Hall–Kier alpha value is -3.86. The van der Waals surface area contributed by atoms with Crippen molar-refractivity contribution >= 4 is 23.3 Å². The molecule has 4 rings (SSSR count). The maximum absolute atomic E-state index is 15.2. The lowest BCUT2D eigenvalue weighted by Crippen LogP contribution is -2.32. The number of carboxylic acid groups (broad SMARTS) is 1. The van der Waals surface area contributed by atoms with Crippen molar-refractivity contribution in [1.82, 2.24) is 4.90 Å². The number of Topliss-reactive ketones (excluding diaryl/α,β-unsaturated/α-hetero) is 1. The van der Waals surface area contributed by atoms with Crippen LogP contribution in [-0.2, 0) is 21.5 Å². The molecule has 0 saturated carbocycles. The molecule has 2 aliphatic heterocycles. The zero-order chi connectivity index (χ0) is 30.2. The van der Waals surface area contributed by atoms with E-state index in [2.05, 4.69) is 0 Å². The minimum atomic E-state index is -1.01. The number of ether oxygens (including phenoxy) is 3. The molecular weight excluding hydrogens is 533 g/mol. The van der Waals surface area contributed by atoms with Gasteiger partial charge in [0.05, 0.1) is 38.1 Å². The number of ketones is 1.